The molecule has 6 nitrogen and oxygen atoms in total. The third kappa shape index (κ3) is 3.41. The Morgan fingerprint density at radius 2 is 1.59 bits per heavy atom. The van der Waals surface area contributed by atoms with E-state index in [1.165, 1.54) is 24.3 Å². The quantitative estimate of drug-likeness (QED) is 0.519. The Morgan fingerprint density at radius 3 is 2.00 bits per heavy atom. The maximum Gasteiger partial charge on any atom is 0.318 e. The van der Waals surface area contributed by atoms with Gasteiger partial charge in [-0.2, -0.15) is 0 Å². The molecule has 0 aliphatic rings. The summed E-state index contributed by atoms with van der Waals surface area (Å²) in [6, 6.07) is 7.40. The highest BCUT2D eigenvalue weighted by Gasteiger charge is 2.35. The molecule has 0 spiro atoms. The maximum absolute atomic E-state index is 11.9. The van der Waals surface area contributed by atoms with Crippen LogP contribution in [0.1, 0.15) is 0 Å². The van der Waals surface area contributed by atoms with E-state index in [1.54, 1.807) is 6.07 Å². The monoisotopic (exact) mass is 258 g/mol. The number of aliphatic carboxylic acids is 2. The van der Waals surface area contributed by atoms with Crippen LogP contribution in [-0.2, 0) is 14.2 Å². The van der Waals surface area contributed by atoms with Crippen LogP contribution < -0.4 is 5.30 Å². The number of carboxylic acids is 2. The van der Waals surface area contributed by atoms with Crippen molar-refractivity contribution >= 4 is 24.6 Å². The topological polar surface area (TPSA) is 112 Å². The van der Waals surface area contributed by atoms with Crippen LogP contribution in [0.3, 0.4) is 0 Å². The van der Waals surface area contributed by atoms with E-state index in [-0.39, 0.29) is 5.30 Å². The smallest absolute Gasteiger partial charge is 0.318 e. The summed E-state index contributed by atoms with van der Waals surface area (Å²) in [5.41, 5.74) is 0. The van der Waals surface area contributed by atoms with Crippen LogP contribution in [0.5, 0.6) is 0 Å². The normalized spacial score (nSPS) is 14.2. The van der Waals surface area contributed by atoms with Crippen molar-refractivity contribution in [3.05, 3.63) is 30.3 Å². The van der Waals surface area contributed by atoms with E-state index in [2.05, 4.69) is 0 Å². The van der Waals surface area contributed by atoms with Crippen LogP contribution in [-0.4, -0.2) is 33.2 Å². The Kier molecular flexibility index (Phi) is 4.04. The number of benzene rings is 1. The van der Waals surface area contributed by atoms with Crippen molar-refractivity contribution < 1.29 is 29.3 Å². The Morgan fingerprint density at radius 1 is 1.12 bits per heavy atom. The highest BCUT2D eigenvalue weighted by atomic mass is 31.2. The van der Waals surface area contributed by atoms with Gasteiger partial charge in [-0.1, -0.05) is 18.2 Å². The summed E-state index contributed by atoms with van der Waals surface area (Å²) in [5, 5.41) is 17.3. The zero-order valence-electron chi connectivity index (χ0n) is 8.68. The second-order valence-electron chi connectivity index (χ2n) is 3.45. The number of rotatable bonds is 5. The van der Waals surface area contributed by atoms with E-state index < -0.39 is 31.4 Å². The molecule has 1 rings (SSSR count). The van der Waals surface area contributed by atoms with E-state index in [0.717, 1.165) is 0 Å². The largest absolute Gasteiger partial charge is 0.481 e. The first kappa shape index (κ1) is 13.4. The molecule has 7 heteroatoms. The Labute approximate surface area is 97.0 Å². The molecule has 1 aromatic carbocycles. The van der Waals surface area contributed by atoms with Crippen LogP contribution in [0.2, 0.25) is 0 Å². The van der Waals surface area contributed by atoms with Crippen LogP contribution in [0.15, 0.2) is 30.3 Å². The molecule has 0 saturated carbocycles. The third-order valence-corrected chi connectivity index (χ3v) is 4.15. The Balaban J connectivity index is 2.97. The van der Waals surface area contributed by atoms with Crippen molar-refractivity contribution in [3.8, 4) is 0 Å². The SMILES string of the molecule is O=C(O)C(CP(=O)(O)c1ccccc1)C(=O)O. The van der Waals surface area contributed by atoms with E-state index in [4.69, 9.17) is 10.2 Å². The van der Waals surface area contributed by atoms with Gasteiger partial charge in [0.1, 0.15) is 0 Å². The fourth-order valence-corrected chi connectivity index (χ4v) is 2.93. The highest BCUT2D eigenvalue weighted by molar-refractivity contribution is 7.66. The molecule has 1 atom stereocenters. The van der Waals surface area contributed by atoms with E-state index in [0.29, 0.717) is 0 Å². The minimum absolute atomic E-state index is 0.0486. The molecule has 1 unspecified atom stereocenters. The lowest BCUT2D eigenvalue weighted by molar-refractivity contribution is -0.153. The lowest BCUT2D eigenvalue weighted by atomic mass is 10.2. The molecule has 0 saturated heterocycles. The van der Waals surface area contributed by atoms with Gasteiger partial charge in [0.15, 0.2) is 5.92 Å². The van der Waals surface area contributed by atoms with Gasteiger partial charge in [0.05, 0.1) is 6.16 Å². The summed E-state index contributed by atoms with van der Waals surface area (Å²) in [7, 11) is -3.97. The zero-order valence-corrected chi connectivity index (χ0v) is 9.58. The molecule has 0 aliphatic heterocycles. The Hall–Kier alpha value is -1.65. The molecule has 1 aromatic rings. The molecule has 0 aliphatic carbocycles. The number of hydrogen-bond donors (Lipinski definition) is 3. The van der Waals surface area contributed by atoms with Crippen LogP contribution >= 0.6 is 7.37 Å². The summed E-state index contributed by atoms with van der Waals surface area (Å²) in [6.45, 7) is 0. The number of hydrogen-bond acceptors (Lipinski definition) is 3. The Bertz CT molecular complexity index is 455. The van der Waals surface area contributed by atoms with Crippen molar-refractivity contribution in [3.63, 3.8) is 0 Å². The molecule has 92 valence electrons. The van der Waals surface area contributed by atoms with Gasteiger partial charge in [0, 0.05) is 5.30 Å². The number of carbonyl (C=O) groups is 2. The van der Waals surface area contributed by atoms with Crippen LogP contribution in [0.25, 0.3) is 0 Å². The first-order valence-electron chi connectivity index (χ1n) is 4.67. The summed E-state index contributed by atoms with van der Waals surface area (Å²) in [5.74, 6) is -5.13. The molecular formula is C10H11O6P. The average molecular weight is 258 g/mol. The lowest BCUT2D eigenvalue weighted by Crippen LogP contribution is -2.28. The molecule has 0 bridgehead atoms. The summed E-state index contributed by atoms with van der Waals surface area (Å²) in [4.78, 5) is 31.0. The summed E-state index contributed by atoms with van der Waals surface area (Å²) in [6.07, 6.45) is -0.818. The van der Waals surface area contributed by atoms with Gasteiger partial charge in [-0.25, -0.2) is 0 Å². The van der Waals surface area contributed by atoms with Gasteiger partial charge in [0.2, 0.25) is 7.37 Å². The highest BCUT2D eigenvalue weighted by Crippen LogP contribution is 2.41. The minimum atomic E-state index is -3.97. The second-order valence-corrected chi connectivity index (χ2v) is 5.73. The van der Waals surface area contributed by atoms with Gasteiger partial charge < -0.3 is 15.1 Å². The zero-order chi connectivity index (χ0) is 13.1. The second kappa shape index (κ2) is 5.12. The summed E-state index contributed by atoms with van der Waals surface area (Å²) < 4.78 is 11.9. The molecular weight excluding hydrogens is 247 g/mol. The van der Waals surface area contributed by atoms with Crippen LogP contribution in [0, 0.1) is 5.92 Å². The van der Waals surface area contributed by atoms with Crippen molar-refractivity contribution in [2.75, 3.05) is 6.16 Å². The van der Waals surface area contributed by atoms with Crippen molar-refractivity contribution in [1.29, 1.82) is 0 Å². The molecule has 0 fully saturated rings. The van der Waals surface area contributed by atoms with Gasteiger partial charge in [-0.15, -0.1) is 0 Å². The first-order chi connectivity index (χ1) is 7.84. The van der Waals surface area contributed by atoms with Crippen molar-refractivity contribution in [1.82, 2.24) is 0 Å². The van der Waals surface area contributed by atoms with Crippen molar-refractivity contribution in [2.24, 2.45) is 5.92 Å². The van der Waals surface area contributed by atoms with Gasteiger partial charge in [-0.3, -0.25) is 14.2 Å². The molecule has 0 amide bonds. The molecule has 0 aromatic heterocycles. The van der Waals surface area contributed by atoms with E-state index >= 15 is 0 Å². The maximum atomic E-state index is 11.9. The van der Waals surface area contributed by atoms with Gasteiger partial charge >= 0.3 is 11.9 Å². The molecule has 0 heterocycles. The van der Waals surface area contributed by atoms with Crippen molar-refractivity contribution in [2.45, 2.75) is 0 Å². The minimum Gasteiger partial charge on any atom is -0.481 e. The van der Waals surface area contributed by atoms with E-state index in [1.807, 2.05) is 0 Å². The average Bonchev–Trinajstić information content (AvgIpc) is 2.26. The molecule has 0 radical (unpaired) electrons. The molecule has 3 N–H and O–H groups in total. The van der Waals surface area contributed by atoms with Crippen LogP contribution in [0.4, 0.5) is 0 Å². The van der Waals surface area contributed by atoms with Gasteiger partial charge in [-0.05, 0) is 12.1 Å². The summed E-state index contributed by atoms with van der Waals surface area (Å²) >= 11 is 0. The molecule has 17 heavy (non-hydrogen) atoms. The fraction of sp³-hybridized carbons (Fsp3) is 0.200. The third-order valence-electron chi connectivity index (χ3n) is 2.19. The fourth-order valence-electron chi connectivity index (χ4n) is 1.28. The number of carboxylic acid groups (broad SMARTS) is 2. The van der Waals surface area contributed by atoms with E-state index in [9.17, 15) is 19.0 Å². The first-order valence-corrected chi connectivity index (χ1v) is 6.52. The predicted octanol–water partition coefficient (Wildman–Crippen LogP) is 0.368. The van der Waals surface area contributed by atoms with Gasteiger partial charge in [0.25, 0.3) is 0 Å². The lowest BCUT2D eigenvalue weighted by Gasteiger charge is -2.14. The standard InChI is InChI=1S/C10H11O6P/c11-9(12)8(10(13)14)6-17(15,16)7-4-2-1-3-5-7/h1-5,8H,6H2,(H,11,12)(H,13,14)(H,15,16). The predicted molar refractivity (Wildman–Crippen MR) is 59.5 cm³/mol.